The number of carbonyl (C=O) groups excluding carboxylic acids is 1. The van der Waals surface area contributed by atoms with Crippen LogP contribution >= 0.6 is 0 Å². The van der Waals surface area contributed by atoms with Crippen LogP contribution in [-0.4, -0.2) is 22.9 Å². The van der Waals surface area contributed by atoms with Crippen LogP contribution in [0.4, 0.5) is 17.5 Å². The quantitative estimate of drug-likeness (QED) is 0.609. The fraction of sp³-hybridized carbons (Fsp3) is 0.190. The van der Waals surface area contributed by atoms with E-state index in [1.807, 2.05) is 49.4 Å². The molecule has 0 saturated carbocycles. The summed E-state index contributed by atoms with van der Waals surface area (Å²) in [5.74, 6) is 2.11. The standard InChI is InChI=1S/C21H22N4O2/c1-14-12-20(24-18-8-6-17(7-9-18)15(2)26)25-21(23-14)22-13-16-4-10-19(27-3)11-5-16/h4-12H,13H2,1-3H3,(H2,22,23,24,25). The van der Waals surface area contributed by atoms with Crippen molar-refractivity contribution in [3.63, 3.8) is 0 Å². The lowest BCUT2D eigenvalue weighted by molar-refractivity contribution is 0.101. The predicted molar refractivity (Wildman–Crippen MR) is 107 cm³/mol. The summed E-state index contributed by atoms with van der Waals surface area (Å²) in [6.07, 6.45) is 0. The van der Waals surface area contributed by atoms with E-state index < -0.39 is 0 Å². The summed E-state index contributed by atoms with van der Waals surface area (Å²) in [6.45, 7) is 4.08. The summed E-state index contributed by atoms with van der Waals surface area (Å²) in [5, 5.41) is 6.49. The van der Waals surface area contributed by atoms with Gasteiger partial charge in [0, 0.05) is 29.6 Å². The van der Waals surface area contributed by atoms with E-state index in [0.29, 0.717) is 23.9 Å². The van der Waals surface area contributed by atoms with Crippen LogP contribution in [0.3, 0.4) is 0 Å². The highest BCUT2D eigenvalue weighted by atomic mass is 16.5. The van der Waals surface area contributed by atoms with Crippen LogP contribution in [-0.2, 0) is 6.54 Å². The number of hydrogen-bond donors (Lipinski definition) is 2. The number of nitrogens with one attached hydrogen (secondary N) is 2. The molecule has 0 spiro atoms. The molecule has 1 aromatic heterocycles. The van der Waals surface area contributed by atoms with Crippen molar-refractivity contribution < 1.29 is 9.53 Å². The van der Waals surface area contributed by atoms with E-state index in [2.05, 4.69) is 20.6 Å². The maximum atomic E-state index is 11.4. The Labute approximate surface area is 158 Å². The number of ketones is 1. The molecule has 2 N–H and O–H groups in total. The minimum atomic E-state index is 0.0458. The van der Waals surface area contributed by atoms with Crippen LogP contribution in [0.25, 0.3) is 0 Å². The Kier molecular flexibility index (Phi) is 5.66. The number of nitrogens with zero attached hydrogens (tertiary/aromatic N) is 2. The normalized spacial score (nSPS) is 10.3. The molecule has 0 amide bonds. The smallest absolute Gasteiger partial charge is 0.225 e. The first-order valence-corrected chi connectivity index (χ1v) is 8.64. The molecule has 0 bridgehead atoms. The third kappa shape index (κ3) is 5.04. The van der Waals surface area contributed by atoms with Crippen LogP contribution in [0, 0.1) is 6.92 Å². The first-order valence-electron chi connectivity index (χ1n) is 8.64. The molecule has 0 aliphatic rings. The van der Waals surface area contributed by atoms with Crippen LogP contribution in [0.15, 0.2) is 54.6 Å². The number of aryl methyl sites for hydroxylation is 1. The predicted octanol–water partition coefficient (Wildman–Crippen LogP) is 4.35. The Morgan fingerprint density at radius 3 is 2.37 bits per heavy atom. The summed E-state index contributed by atoms with van der Waals surface area (Å²) in [6, 6.07) is 17.0. The Bertz CT molecular complexity index is 922. The van der Waals surface area contributed by atoms with Crippen molar-refractivity contribution in [1.29, 1.82) is 0 Å². The van der Waals surface area contributed by atoms with Gasteiger partial charge in [-0.1, -0.05) is 12.1 Å². The first kappa shape index (κ1) is 18.4. The minimum Gasteiger partial charge on any atom is -0.497 e. The molecule has 0 aliphatic heterocycles. The van der Waals surface area contributed by atoms with E-state index in [-0.39, 0.29) is 5.78 Å². The number of aromatic nitrogens is 2. The molecule has 2 aromatic carbocycles. The number of benzene rings is 2. The Balaban J connectivity index is 1.68. The summed E-state index contributed by atoms with van der Waals surface area (Å²) in [7, 11) is 1.65. The molecule has 3 rings (SSSR count). The van der Waals surface area contributed by atoms with Crippen molar-refractivity contribution in [2.45, 2.75) is 20.4 Å². The number of Topliss-reactive ketones (excluding diaryl/α,β-unsaturated/α-hetero) is 1. The van der Waals surface area contributed by atoms with Crippen molar-refractivity contribution in [2.75, 3.05) is 17.7 Å². The molecule has 0 aliphatic carbocycles. The highest BCUT2D eigenvalue weighted by Gasteiger charge is 2.05. The molecule has 0 atom stereocenters. The summed E-state index contributed by atoms with van der Waals surface area (Å²) >= 11 is 0. The lowest BCUT2D eigenvalue weighted by Gasteiger charge is -2.10. The van der Waals surface area contributed by atoms with Crippen LogP contribution in [0.1, 0.15) is 28.5 Å². The Hall–Kier alpha value is -3.41. The molecular weight excluding hydrogens is 340 g/mol. The summed E-state index contributed by atoms with van der Waals surface area (Å²) < 4.78 is 5.17. The molecule has 0 radical (unpaired) electrons. The van der Waals surface area contributed by atoms with Crippen molar-refractivity contribution in [1.82, 2.24) is 9.97 Å². The zero-order valence-corrected chi connectivity index (χ0v) is 15.6. The summed E-state index contributed by atoms with van der Waals surface area (Å²) in [5.41, 5.74) is 3.50. The third-order valence-electron chi connectivity index (χ3n) is 4.03. The zero-order chi connectivity index (χ0) is 19.2. The van der Waals surface area contributed by atoms with Gasteiger partial charge in [-0.25, -0.2) is 4.98 Å². The highest BCUT2D eigenvalue weighted by Crippen LogP contribution is 2.18. The van der Waals surface area contributed by atoms with Crippen molar-refractivity contribution in [2.24, 2.45) is 0 Å². The summed E-state index contributed by atoms with van der Waals surface area (Å²) in [4.78, 5) is 20.3. The molecule has 0 unspecified atom stereocenters. The van der Waals surface area contributed by atoms with Gasteiger partial charge in [-0.3, -0.25) is 4.79 Å². The topological polar surface area (TPSA) is 76.1 Å². The van der Waals surface area contributed by atoms with Crippen molar-refractivity contribution in [3.8, 4) is 5.75 Å². The number of anilines is 3. The highest BCUT2D eigenvalue weighted by molar-refractivity contribution is 5.94. The molecule has 0 saturated heterocycles. The fourth-order valence-electron chi connectivity index (χ4n) is 2.57. The lowest BCUT2D eigenvalue weighted by atomic mass is 10.1. The molecule has 1 heterocycles. The van der Waals surface area contributed by atoms with Crippen LogP contribution in [0.2, 0.25) is 0 Å². The Morgan fingerprint density at radius 2 is 1.74 bits per heavy atom. The van der Waals surface area contributed by atoms with Gasteiger partial charge in [0.05, 0.1) is 7.11 Å². The number of hydrogen-bond acceptors (Lipinski definition) is 6. The van der Waals surface area contributed by atoms with Gasteiger partial charge in [-0.15, -0.1) is 0 Å². The number of methoxy groups -OCH3 is 1. The van der Waals surface area contributed by atoms with Gasteiger partial charge in [0.1, 0.15) is 11.6 Å². The number of carbonyl (C=O) groups is 1. The minimum absolute atomic E-state index is 0.0458. The molecule has 27 heavy (non-hydrogen) atoms. The van der Waals surface area contributed by atoms with Gasteiger partial charge >= 0.3 is 0 Å². The van der Waals surface area contributed by atoms with Crippen molar-refractivity contribution >= 4 is 23.2 Å². The van der Waals surface area contributed by atoms with Gasteiger partial charge in [0.25, 0.3) is 0 Å². The van der Waals surface area contributed by atoms with Gasteiger partial charge in [0.2, 0.25) is 5.95 Å². The van der Waals surface area contributed by atoms with Gasteiger partial charge < -0.3 is 15.4 Å². The Morgan fingerprint density at radius 1 is 1.04 bits per heavy atom. The second kappa shape index (κ2) is 8.31. The zero-order valence-electron chi connectivity index (χ0n) is 15.6. The lowest BCUT2D eigenvalue weighted by Crippen LogP contribution is -2.06. The average molecular weight is 362 g/mol. The van der Waals surface area contributed by atoms with E-state index in [4.69, 9.17) is 4.74 Å². The van der Waals surface area contributed by atoms with E-state index >= 15 is 0 Å². The maximum Gasteiger partial charge on any atom is 0.225 e. The second-order valence-corrected chi connectivity index (χ2v) is 6.18. The first-order chi connectivity index (χ1) is 13.0. The maximum absolute atomic E-state index is 11.4. The average Bonchev–Trinajstić information content (AvgIpc) is 2.67. The SMILES string of the molecule is COc1ccc(CNc2nc(C)cc(Nc3ccc(C(C)=O)cc3)n2)cc1. The molecular formula is C21H22N4O2. The molecule has 0 fully saturated rings. The molecule has 6 heteroatoms. The van der Waals surface area contributed by atoms with Gasteiger partial charge in [-0.05, 0) is 55.8 Å². The fourth-order valence-corrected chi connectivity index (χ4v) is 2.57. The van der Waals surface area contributed by atoms with Crippen LogP contribution in [0.5, 0.6) is 5.75 Å². The molecule has 6 nitrogen and oxygen atoms in total. The van der Waals surface area contributed by atoms with Gasteiger partial charge in [0.15, 0.2) is 5.78 Å². The number of ether oxygens (including phenoxy) is 1. The second-order valence-electron chi connectivity index (χ2n) is 6.18. The van der Waals surface area contributed by atoms with E-state index in [0.717, 1.165) is 22.7 Å². The van der Waals surface area contributed by atoms with E-state index in [1.54, 1.807) is 26.2 Å². The monoisotopic (exact) mass is 362 g/mol. The molecule has 3 aromatic rings. The molecule has 138 valence electrons. The van der Waals surface area contributed by atoms with Crippen LogP contribution < -0.4 is 15.4 Å². The van der Waals surface area contributed by atoms with Gasteiger partial charge in [-0.2, -0.15) is 4.98 Å². The number of rotatable bonds is 7. The van der Waals surface area contributed by atoms with Crippen molar-refractivity contribution in [3.05, 3.63) is 71.4 Å². The van der Waals surface area contributed by atoms with E-state index in [9.17, 15) is 4.79 Å². The largest absolute Gasteiger partial charge is 0.497 e. The van der Waals surface area contributed by atoms with E-state index in [1.165, 1.54) is 0 Å². The third-order valence-corrected chi connectivity index (χ3v) is 4.03.